The molecule has 0 amide bonds. The molecule has 1 fully saturated rings. The Morgan fingerprint density at radius 1 is 1.58 bits per heavy atom. The van der Waals surface area contributed by atoms with Crippen molar-refractivity contribution in [2.75, 3.05) is 0 Å². The van der Waals surface area contributed by atoms with Crippen LogP contribution < -0.4 is 5.73 Å². The fourth-order valence-corrected chi connectivity index (χ4v) is 1.07. The summed E-state index contributed by atoms with van der Waals surface area (Å²) in [5.41, 5.74) is 5.76. The minimum atomic E-state index is -0.134. The largest absolute Gasteiger partial charge is 0.339 e. The van der Waals surface area contributed by atoms with Gasteiger partial charge in [-0.25, -0.2) is 0 Å². The van der Waals surface area contributed by atoms with Crippen LogP contribution >= 0.6 is 0 Å². The van der Waals surface area contributed by atoms with Crippen molar-refractivity contribution in [2.45, 2.75) is 38.1 Å². The molecule has 1 aromatic heterocycles. The Labute approximate surface area is 71.1 Å². The summed E-state index contributed by atoms with van der Waals surface area (Å²) in [5, 5.41) is 3.81. The third-order valence-electron chi connectivity index (χ3n) is 2.37. The van der Waals surface area contributed by atoms with Crippen LogP contribution in [0.4, 0.5) is 0 Å². The highest BCUT2D eigenvalue weighted by Gasteiger charge is 2.44. The average molecular weight is 167 g/mol. The Morgan fingerprint density at radius 3 is 2.67 bits per heavy atom. The van der Waals surface area contributed by atoms with Crippen molar-refractivity contribution >= 4 is 0 Å². The summed E-state index contributed by atoms with van der Waals surface area (Å²) in [7, 11) is 0. The summed E-state index contributed by atoms with van der Waals surface area (Å²) < 4.78 is 5.11. The predicted molar refractivity (Wildman–Crippen MR) is 43.5 cm³/mol. The van der Waals surface area contributed by atoms with E-state index in [0.717, 1.165) is 18.7 Å². The Morgan fingerprint density at radius 2 is 2.25 bits per heavy atom. The van der Waals surface area contributed by atoms with Crippen molar-refractivity contribution in [3.8, 4) is 0 Å². The van der Waals surface area contributed by atoms with Crippen molar-refractivity contribution < 1.29 is 4.52 Å². The van der Waals surface area contributed by atoms with Crippen molar-refractivity contribution in [3.63, 3.8) is 0 Å². The second kappa shape index (κ2) is 2.29. The van der Waals surface area contributed by atoms with E-state index in [-0.39, 0.29) is 11.5 Å². The minimum absolute atomic E-state index is 0.134. The molecule has 0 bridgehead atoms. The average Bonchev–Trinajstić information content (AvgIpc) is 2.61. The SMILES string of the molecule is CC(N)c1noc(C2(C)CC2)n1. The lowest BCUT2D eigenvalue weighted by atomic mass is 10.1. The molecule has 1 aliphatic carbocycles. The number of hydrogen-bond acceptors (Lipinski definition) is 4. The van der Waals surface area contributed by atoms with Crippen LogP contribution in [0, 0.1) is 0 Å². The number of nitrogens with two attached hydrogens (primary N) is 1. The zero-order chi connectivity index (χ0) is 8.77. The van der Waals surface area contributed by atoms with Crippen LogP contribution in [0.15, 0.2) is 4.52 Å². The molecular formula is C8H13N3O. The van der Waals surface area contributed by atoms with E-state index in [1.54, 1.807) is 0 Å². The van der Waals surface area contributed by atoms with E-state index in [0.29, 0.717) is 5.82 Å². The number of hydrogen-bond donors (Lipinski definition) is 1. The van der Waals surface area contributed by atoms with Gasteiger partial charge in [-0.3, -0.25) is 0 Å². The second-order valence-electron chi connectivity index (χ2n) is 3.81. The van der Waals surface area contributed by atoms with Crippen LogP contribution in [0.2, 0.25) is 0 Å². The highest BCUT2D eigenvalue weighted by molar-refractivity contribution is 5.13. The molecule has 2 rings (SSSR count). The normalized spacial score (nSPS) is 22.2. The van der Waals surface area contributed by atoms with Crippen LogP contribution in [0.3, 0.4) is 0 Å². The van der Waals surface area contributed by atoms with E-state index in [2.05, 4.69) is 17.1 Å². The Balaban J connectivity index is 2.25. The molecule has 1 unspecified atom stereocenters. The zero-order valence-electron chi connectivity index (χ0n) is 7.37. The van der Waals surface area contributed by atoms with Gasteiger partial charge in [0.05, 0.1) is 6.04 Å². The summed E-state index contributed by atoms with van der Waals surface area (Å²) in [5.74, 6) is 1.35. The van der Waals surface area contributed by atoms with E-state index in [1.165, 1.54) is 0 Å². The van der Waals surface area contributed by atoms with Crippen LogP contribution in [0.5, 0.6) is 0 Å². The summed E-state index contributed by atoms with van der Waals surface area (Å²) in [4.78, 5) is 4.24. The maximum atomic E-state index is 5.61. The maximum absolute atomic E-state index is 5.61. The van der Waals surface area contributed by atoms with E-state index in [9.17, 15) is 0 Å². The van der Waals surface area contributed by atoms with Gasteiger partial charge in [0.15, 0.2) is 5.82 Å². The summed E-state index contributed by atoms with van der Waals surface area (Å²) in [6, 6.07) is -0.134. The fraction of sp³-hybridized carbons (Fsp3) is 0.750. The Hall–Kier alpha value is -0.900. The van der Waals surface area contributed by atoms with Gasteiger partial charge in [0.2, 0.25) is 5.89 Å². The maximum Gasteiger partial charge on any atom is 0.232 e. The standard InChI is InChI=1S/C8H13N3O/c1-5(9)6-10-7(12-11-6)8(2)3-4-8/h5H,3-4,9H2,1-2H3. The number of rotatable bonds is 2. The summed E-state index contributed by atoms with van der Waals surface area (Å²) in [6.07, 6.45) is 2.29. The van der Waals surface area contributed by atoms with E-state index in [1.807, 2.05) is 6.92 Å². The lowest BCUT2D eigenvalue weighted by Gasteiger charge is -1.97. The van der Waals surface area contributed by atoms with E-state index in [4.69, 9.17) is 10.3 Å². The Kier molecular flexibility index (Phi) is 1.48. The molecule has 1 atom stereocenters. The quantitative estimate of drug-likeness (QED) is 0.717. The minimum Gasteiger partial charge on any atom is -0.339 e. The molecule has 66 valence electrons. The summed E-state index contributed by atoms with van der Waals surface area (Å²) >= 11 is 0. The molecule has 12 heavy (non-hydrogen) atoms. The Bertz CT molecular complexity index is 288. The lowest BCUT2D eigenvalue weighted by Crippen LogP contribution is -2.08. The second-order valence-corrected chi connectivity index (χ2v) is 3.81. The first-order valence-electron chi connectivity index (χ1n) is 4.21. The van der Waals surface area contributed by atoms with E-state index >= 15 is 0 Å². The number of nitrogens with zero attached hydrogens (tertiary/aromatic N) is 2. The molecule has 1 aliphatic rings. The first-order valence-corrected chi connectivity index (χ1v) is 4.21. The van der Waals surface area contributed by atoms with Gasteiger partial charge < -0.3 is 10.3 Å². The van der Waals surface area contributed by atoms with Crippen LogP contribution in [-0.2, 0) is 5.41 Å². The third kappa shape index (κ3) is 1.12. The molecule has 0 saturated heterocycles. The molecule has 2 N–H and O–H groups in total. The number of aromatic nitrogens is 2. The van der Waals surface area contributed by atoms with Crippen LogP contribution in [-0.4, -0.2) is 10.1 Å². The van der Waals surface area contributed by atoms with Gasteiger partial charge in [-0.15, -0.1) is 0 Å². The molecule has 0 spiro atoms. The van der Waals surface area contributed by atoms with Crippen molar-refractivity contribution in [3.05, 3.63) is 11.7 Å². The molecule has 0 aliphatic heterocycles. The highest BCUT2D eigenvalue weighted by atomic mass is 16.5. The molecule has 4 heteroatoms. The smallest absolute Gasteiger partial charge is 0.232 e. The first kappa shape index (κ1) is 7.73. The molecular weight excluding hydrogens is 154 g/mol. The van der Waals surface area contributed by atoms with Gasteiger partial charge in [-0.1, -0.05) is 12.1 Å². The third-order valence-corrected chi connectivity index (χ3v) is 2.37. The monoisotopic (exact) mass is 167 g/mol. The first-order chi connectivity index (χ1) is 5.62. The van der Waals surface area contributed by atoms with Gasteiger partial charge in [0.25, 0.3) is 0 Å². The highest BCUT2D eigenvalue weighted by Crippen LogP contribution is 2.46. The molecule has 1 heterocycles. The molecule has 1 aromatic rings. The van der Waals surface area contributed by atoms with Gasteiger partial charge >= 0.3 is 0 Å². The van der Waals surface area contributed by atoms with Gasteiger partial charge in [0.1, 0.15) is 0 Å². The van der Waals surface area contributed by atoms with E-state index < -0.39 is 0 Å². The molecule has 4 nitrogen and oxygen atoms in total. The van der Waals surface area contributed by atoms with Crippen LogP contribution in [0.25, 0.3) is 0 Å². The van der Waals surface area contributed by atoms with Gasteiger partial charge in [0, 0.05) is 5.41 Å². The van der Waals surface area contributed by atoms with Crippen molar-refractivity contribution in [1.82, 2.24) is 10.1 Å². The van der Waals surface area contributed by atoms with Gasteiger partial charge in [-0.05, 0) is 19.8 Å². The molecule has 0 aromatic carbocycles. The van der Waals surface area contributed by atoms with Crippen molar-refractivity contribution in [1.29, 1.82) is 0 Å². The van der Waals surface area contributed by atoms with Gasteiger partial charge in [-0.2, -0.15) is 4.98 Å². The topological polar surface area (TPSA) is 64.9 Å². The molecule has 1 saturated carbocycles. The fourth-order valence-electron chi connectivity index (χ4n) is 1.07. The zero-order valence-corrected chi connectivity index (χ0v) is 7.37. The van der Waals surface area contributed by atoms with Crippen molar-refractivity contribution in [2.24, 2.45) is 5.73 Å². The summed E-state index contributed by atoms with van der Waals surface area (Å²) in [6.45, 7) is 3.98. The molecule has 0 radical (unpaired) electrons. The van der Waals surface area contributed by atoms with Crippen LogP contribution in [0.1, 0.15) is 44.4 Å². The predicted octanol–water partition coefficient (Wildman–Crippen LogP) is 1.14. The lowest BCUT2D eigenvalue weighted by molar-refractivity contribution is 0.347.